The molecule has 3 nitrogen and oxygen atoms in total. The summed E-state index contributed by atoms with van der Waals surface area (Å²) in [6.45, 7) is 0. The van der Waals surface area contributed by atoms with Crippen LogP contribution in [0.4, 0.5) is 18.9 Å². The van der Waals surface area contributed by atoms with E-state index in [1.807, 2.05) is 0 Å². The van der Waals surface area contributed by atoms with Crippen LogP contribution < -0.4 is 5.73 Å². The molecule has 1 aromatic carbocycles. The fourth-order valence-corrected chi connectivity index (χ4v) is 1.58. The minimum absolute atomic E-state index is 0.00546. The molecular formula is C10H7BrF3NO2. The van der Waals surface area contributed by atoms with Crippen molar-refractivity contribution in [3.05, 3.63) is 33.8 Å². The fourth-order valence-electron chi connectivity index (χ4n) is 1.10. The van der Waals surface area contributed by atoms with Crippen molar-refractivity contribution >= 4 is 33.7 Å². The monoisotopic (exact) mass is 309 g/mol. The highest BCUT2D eigenvalue weighted by atomic mass is 79.9. The van der Waals surface area contributed by atoms with Crippen LogP contribution in [0, 0.1) is 0 Å². The molecule has 0 aliphatic heterocycles. The van der Waals surface area contributed by atoms with Crippen LogP contribution in [0.2, 0.25) is 0 Å². The molecule has 0 saturated heterocycles. The van der Waals surface area contributed by atoms with E-state index in [1.54, 1.807) is 0 Å². The molecule has 0 spiro atoms. The first kappa shape index (κ1) is 13.6. The topological polar surface area (TPSA) is 63.3 Å². The van der Waals surface area contributed by atoms with E-state index in [4.69, 9.17) is 10.8 Å². The number of anilines is 1. The molecule has 1 aromatic rings. The zero-order chi connectivity index (χ0) is 13.2. The van der Waals surface area contributed by atoms with E-state index < -0.39 is 17.7 Å². The van der Waals surface area contributed by atoms with Gasteiger partial charge in [0.15, 0.2) is 0 Å². The van der Waals surface area contributed by atoms with Crippen molar-refractivity contribution in [2.24, 2.45) is 0 Å². The van der Waals surface area contributed by atoms with Crippen molar-refractivity contribution in [3.8, 4) is 0 Å². The molecule has 7 heteroatoms. The first-order valence-electron chi connectivity index (χ1n) is 4.29. The lowest BCUT2D eigenvalue weighted by Crippen LogP contribution is -2.06. The van der Waals surface area contributed by atoms with Crippen LogP contribution >= 0.6 is 15.9 Å². The number of nitrogen functional groups attached to an aromatic ring is 1. The lowest BCUT2D eigenvalue weighted by molar-refractivity contribution is -0.137. The molecule has 0 atom stereocenters. The Morgan fingerprint density at radius 2 is 2.00 bits per heavy atom. The van der Waals surface area contributed by atoms with Gasteiger partial charge >= 0.3 is 12.1 Å². The van der Waals surface area contributed by atoms with Gasteiger partial charge in [0.25, 0.3) is 0 Å². The van der Waals surface area contributed by atoms with Crippen LogP contribution in [0.15, 0.2) is 22.7 Å². The van der Waals surface area contributed by atoms with E-state index in [2.05, 4.69) is 15.9 Å². The quantitative estimate of drug-likeness (QED) is 0.651. The normalized spacial score (nSPS) is 12.0. The minimum atomic E-state index is -4.51. The number of rotatable bonds is 2. The predicted molar refractivity (Wildman–Crippen MR) is 60.2 cm³/mol. The van der Waals surface area contributed by atoms with Crippen LogP contribution in [0.1, 0.15) is 11.1 Å². The summed E-state index contributed by atoms with van der Waals surface area (Å²) in [5.41, 5.74) is 4.67. The SMILES string of the molecule is Nc1c(Br)cc(C(F)(F)F)cc1/C=C/C(=O)O. The number of nitrogens with two attached hydrogens (primary N) is 1. The van der Waals surface area contributed by atoms with Crippen molar-refractivity contribution in [1.29, 1.82) is 0 Å². The van der Waals surface area contributed by atoms with Gasteiger partial charge < -0.3 is 10.8 Å². The number of carboxylic acids is 1. The van der Waals surface area contributed by atoms with E-state index in [9.17, 15) is 18.0 Å². The number of hydrogen-bond donors (Lipinski definition) is 2. The Balaban J connectivity index is 3.30. The summed E-state index contributed by atoms with van der Waals surface area (Å²) < 4.78 is 37.5. The second kappa shape index (κ2) is 4.79. The molecule has 0 radical (unpaired) electrons. The molecule has 0 amide bonds. The van der Waals surface area contributed by atoms with Crippen molar-refractivity contribution in [2.45, 2.75) is 6.18 Å². The van der Waals surface area contributed by atoms with E-state index in [0.717, 1.165) is 24.3 Å². The highest BCUT2D eigenvalue weighted by Gasteiger charge is 2.31. The Kier molecular flexibility index (Phi) is 3.82. The summed E-state index contributed by atoms with van der Waals surface area (Å²) in [4.78, 5) is 10.3. The third-order valence-corrected chi connectivity index (χ3v) is 2.55. The fraction of sp³-hybridized carbons (Fsp3) is 0.100. The summed E-state index contributed by atoms with van der Waals surface area (Å²) in [7, 11) is 0. The van der Waals surface area contributed by atoms with Gasteiger partial charge in [-0.1, -0.05) is 0 Å². The van der Waals surface area contributed by atoms with Crippen molar-refractivity contribution in [3.63, 3.8) is 0 Å². The summed E-state index contributed by atoms with van der Waals surface area (Å²) in [6.07, 6.45) is -2.78. The van der Waals surface area contributed by atoms with Crippen molar-refractivity contribution in [1.82, 2.24) is 0 Å². The van der Waals surface area contributed by atoms with Gasteiger partial charge in [-0.2, -0.15) is 13.2 Å². The highest BCUT2D eigenvalue weighted by molar-refractivity contribution is 9.10. The molecule has 0 aliphatic rings. The molecule has 0 unspecified atom stereocenters. The molecular weight excluding hydrogens is 303 g/mol. The molecule has 0 bridgehead atoms. The van der Waals surface area contributed by atoms with E-state index in [-0.39, 0.29) is 15.7 Å². The maximum Gasteiger partial charge on any atom is 0.416 e. The highest BCUT2D eigenvalue weighted by Crippen LogP contribution is 2.35. The summed E-state index contributed by atoms with van der Waals surface area (Å²) >= 11 is 2.89. The Hall–Kier alpha value is -1.50. The van der Waals surface area contributed by atoms with Crippen molar-refractivity contribution in [2.75, 3.05) is 5.73 Å². The number of alkyl halides is 3. The standard InChI is InChI=1S/C10H7BrF3NO2/c11-7-4-6(10(12,13)14)3-5(9(7)15)1-2-8(16)17/h1-4H,15H2,(H,16,17)/b2-1+. The third-order valence-electron chi connectivity index (χ3n) is 1.89. The molecule has 92 valence electrons. The number of benzene rings is 1. The summed E-state index contributed by atoms with van der Waals surface area (Å²) in [5.74, 6) is -1.27. The Morgan fingerprint density at radius 1 is 1.41 bits per heavy atom. The molecule has 0 aromatic heterocycles. The summed E-state index contributed by atoms with van der Waals surface area (Å²) in [6, 6.07) is 1.63. The number of hydrogen-bond acceptors (Lipinski definition) is 2. The van der Waals surface area contributed by atoms with Crippen LogP contribution in [0.5, 0.6) is 0 Å². The first-order valence-corrected chi connectivity index (χ1v) is 5.08. The van der Waals surface area contributed by atoms with E-state index >= 15 is 0 Å². The van der Waals surface area contributed by atoms with Crippen LogP contribution in [0.3, 0.4) is 0 Å². The first-order chi connectivity index (χ1) is 7.71. The molecule has 3 N–H and O–H groups in total. The molecule has 0 fully saturated rings. The Labute approximate surface area is 103 Å². The zero-order valence-corrected chi connectivity index (χ0v) is 9.84. The average molecular weight is 310 g/mol. The second-order valence-electron chi connectivity index (χ2n) is 3.13. The molecule has 0 aliphatic carbocycles. The lowest BCUT2D eigenvalue weighted by atomic mass is 10.1. The van der Waals surface area contributed by atoms with Crippen molar-refractivity contribution < 1.29 is 23.1 Å². The Morgan fingerprint density at radius 3 is 2.47 bits per heavy atom. The van der Waals surface area contributed by atoms with Gasteiger partial charge in [0.1, 0.15) is 0 Å². The smallest absolute Gasteiger partial charge is 0.416 e. The minimum Gasteiger partial charge on any atom is -0.478 e. The molecule has 0 heterocycles. The van der Waals surface area contributed by atoms with Gasteiger partial charge in [-0.05, 0) is 39.7 Å². The van der Waals surface area contributed by atoms with Gasteiger partial charge in [-0.25, -0.2) is 4.79 Å². The second-order valence-corrected chi connectivity index (χ2v) is 3.98. The number of carbonyl (C=O) groups is 1. The predicted octanol–water partition coefficient (Wildman–Crippen LogP) is 3.15. The van der Waals surface area contributed by atoms with Gasteiger partial charge in [0.05, 0.1) is 11.3 Å². The number of aliphatic carboxylic acids is 1. The van der Waals surface area contributed by atoms with Gasteiger partial charge in [0.2, 0.25) is 0 Å². The lowest BCUT2D eigenvalue weighted by Gasteiger charge is -2.10. The zero-order valence-electron chi connectivity index (χ0n) is 8.25. The van der Waals surface area contributed by atoms with Gasteiger partial charge in [-0.3, -0.25) is 0 Å². The maximum atomic E-state index is 12.5. The Bertz CT molecular complexity index is 483. The third kappa shape index (κ3) is 3.48. The van der Waals surface area contributed by atoms with Gasteiger partial charge in [0, 0.05) is 10.5 Å². The van der Waals surface area contributed by atoms with Crippen LogP contribution in [-0.2, 0) is 11.0 Å². The van der Waals surface area contributed by atoms with Crippen LogP contribution in [0.25, 0.3) is 6.08 Å². The molecule has 1 rings (SSSR count). The van der Waals surface area contributed by atoms with Crippen LogP contribution in [-0.4, -0.2) is 11.1 Å². The number of halogens is 4. The van der Waals surface area contributed by atoms with E-state index in [1.165, 1.54) is 0 Å². The number of carboxylic acid groups (broad SMARTS) is 1. The molecule has 0 saturated carbocycles. The van der Waals surface area contributed by atoms with Gasteiger partial charge in [-0.15, -0.1) is 0 Å². The summed E-state index contributed by atoms with van der Waals surface area (Å²) in [5, 5.41) is 8.40. The van der Waals surface area contributed by atoms with E-state index in [0.29, 0.717) is 0 Å². The molecule has 17 heavy (non-hydrogen) atoms. The maximum absolute atomic E-state index is 12.5. The average Bonchev–Trinajstić information content (AvgIpc) is 2.18. The largest absolute Gasteiger partial charge is 0.478 e.